The minimum absolute atomic E-state index is 0.190. The largest absolute Gasteiger partial charge is 0.444 e. The maximum atomic E-state index is 11.9. The Bertz CT molecular complexity index is 574. The number of hydrogen-bond acceptors (Lipinski definition) is 4. The molecule has 0 radical (unpaired) electrons. The number of fused-ring (bicyclic) bond motifs is 1. The zero-order chi connectivity index (χ0) is 16.4. The van der Waals surface area contributed by atoms with E-state index < -0.39 is 5.60 Å². The van der Waals surface area contributed by atoms with Gasteiger partial charge in [0.15, 0.2) is 0 Å². The summed E-state index contributed by atoms with van der Waals surface area (Å²) in [4.78, 5) is 18.4. The third kappa shape index (κ3) is 4.15. The number of hydrogen-bond donors (Lipinski definition) is 1. The van der Waals surface area contributed by atoms with Crippen LogP contribution in [0.5, 0.6) is 0 Å². The summed E-state index contributed by atoms with van der Waals surface area (Å²) in [5.41, 5.74) is 2.07. The first-order valence-corrected chi connectivity index (χ1v) is 8.61. The third-order valence-electron chi connectivity index (χ3n) is 4.37. The fourth-order valence-electron chi connectivity index (χ4n) is 3.09. The fraction of sp³-hybridized carbons (Fsp3) is 0.667. The van der Waals surface area contributed by atoms with Gasteiger partial charge >= 0.3 is 6.09 Å². The van der Waals surface area contributed by atoms with E-state index in [2.05, 4.69) is 17.4 Å². The number of aromatic nitrogens is 1. The highest BCUT2D eigenvalue weighted by molar-refractivity contribution is 5.69. The summed E-state index contributed by atoms with van der Waals surface area (Å²) >= 11 is 0. The van der Waals surface area contributed by atoms with E-state index in [1.165, 1.54) is 12.0 Å². The van der Waals surface area contributed by atoms with Crippen molar-refractivity contribution in [1.82, 2.24) is 9.88 Å². The number of ether oxygens (including phenoxy) is 1. The van der Waals surface area contributed by atoms with E-state index in [9.17, 15) is 4.79 Å². The standard InChI is InChI=1S/C18H27N3O2/c1-18(2,3)23-17(22)21-11-13(12-21)6-8-15-9-7-14-5-4-10-19-16(14)20-15/h7,9,13H,4-6,8,10-12H2,1-3H3,(H,19,20). The minimum Gasteiger partial charge on any atom is -0.444 e. The summed E-state index contributed by atoms with van der Waals surface area (Å²) in [6, 6.07) is 4.35. The van der Waals surface area contributed by atoms with Gasteiger partial charge in [0.2, 0.25) is 0 Å². The Morgan fingerprint density at radius 2 is 2.17 bits per heavy atom. The molecule has 23 heavy (non-hydrogen) atoms. The topological polar surface area (TPSA) is 54.5 Å². The monoisotopic (exact) mass is 317 g/mol. The van der Waals surface area contributed by atoms with Crippen LogP contribution in [-0.4, -0.2) is 41.2 Å². The molecule has 1 aromatic heterocycles. The van der Waals surface area contributed by atoms with Crippen molar-refractivity contribution in [2.24, 2.45) is 5.92 Å². The molecule has 2 aliphatic heterocycles. The van der Waals surface area contributed by atoms with Gasteiger partial charge in [-0.25, -0.2) is 9.78 Å². The van der Waals surface area contributed by atoms with Crippen LogP contribution in [0, 0.1) is 5.92 Å². The second-order valence-electron chi connectivity index (χ2n) is 7.63. The molecule has 1 N–H and O–H groups in total. The van der Waals surface area contributed by atoms with E-state index in [0.29, 0.717) is 5.92 Å². The van der Waals surface area contributed by atoms with Gasteiger partial charge < -0.3 is 15.0 Å². The number of likely N-dealkylation sites (tertiary alicyclic amines) is 1. The number of anilines is 1. The highest BCUT2D eigenvalue weighted by Crippen LogP contribution is 2.25. The molecule has 1 fully saturated rings. The van der Waals surface area contributed by atoms with Crippen LogP contribution in [0.15, 0.2) is 12.1 Å². The van der Waals surface area contributed by atoms with Crippen molar-refractivity contribution in [3.63, 3.8) is 0 Å². The molecule has 1 aromatic rings. The van der Waals surface area contributed by atoms with Gasteiger partial charge in [0, 0.05) is 25.3 Å². The van der Waals surface area contributed by atoms with Gasteiger partial charge in [-0.1, -0.05) is 6.07 Å². The quantitative estimate of drug-likeness (QED) is 0.930. The molecule has 5 nitrogen and oxygen atoms in total. The van der Waals surface area contributed by atoms with Gasteiger partial charge in [-0.05, 0) is 64.0 Å². The van der Waals surface area contributed by atoms with Crippen molar-refractivity contribution in [2.45, 2.75) is 52.1 Å². The minimum atomic E-state index is -0.414. The molecule has 1 amide bonds. The zero-order valence-electron chi connectivity index (χ0n) is 14.4. The molecule has 5 heteroatoms. The highest BCUT2D eigenvalue weighted by Gasteiger charge is 2.33. The summed E-state index contributed by atoms with van der Waals surface area (Å²) in [5, 5.41) is 3.38. The van der Waals surface area contributed by atoms with E-state index in [4.69, 9.17) is 9.72 Å². The SMILES string of the molecule is CC(C)(C)OC(=O)N1CC(CCc2ccc3c(n2)NCCC3)C1. The highest BCUT2D eigenvalue weighted by atomic mass is 16.6. The molecule has 1 saturated heterocycles. The van der Waals surface area contributed by atoms with Crippen LogP contribution >= 0.6 is 0 Å². The molecule has 0 spiro atoms. The second kappa shape index (κ2) is 6.38. The number of pyridine rings is 1. The smallest absolute Gasteiger partial charge is 0.410 e. The van der Waals surface area contributed by atoms with Crippen molar-refractivity contribution in [2.75, 3.05) is 25.0 Å². The Labute approximate surface area is 138 Å². The molecule has 0 unspecified atom stereocenters. The van der Waals surface area contributed by atoms with E-state index in [-0.39, 0.29) is 6.09 Å². The summed E-state index contributed by atoms with van der Waals surface area (Å²) in [7, 11) is 0. The summed E-state index contributed by atoms with van der Waals surface area (Å²) < 4.78 is 5.38. The molecule has 3 rings (SSSR count). The lowest BCUT2D eigenvalue weighted by Gasteiger charge is -2.39. The summed E-state index contributed by atoms with van der Waals surface area (Å²) in [5.74, 6) is 1.63. The molecule has 2 aliphatic rings. The average molecular weight is 317 g/mol. The first-order chi connectivity index (χ1) is 10.9. The molecule has 0 aromatic carbocycles. The van der Waals surface area contributed by atoms with Crippen molar-refractivity contribution in [1.29, 1.82) is 0 Å². The molecular weight excluding hydrogens is 290 g/mol. The third-order valence-corrected chi connectivity index (χ3v) is 4.37. The van der Waals surface area contributed by atoms with Crippen LogP contribution in [0.4, 0.5) is 10.6 Å². The van der Waals surface area contributed by atoms with Gasteiger partial charge in [-0.3, -0.25) is 0 Å². The molecule has 0 atom stereocenters. The van der Waals surface area contributed by atoms with Gasteiger partial charge in [-0.2, -0.15) is 0 Å². The van der Waals surface area contributed by atoms with Gasteiger partial charge in [0.05, 0.1) is 0 Å². The molecule has 3 heterocycles. The summed E-state index contributed by atoms with van der Waals surface area (Å²) in [6.45, 7) is 8.33. The predicted octanol–water partition coefficient (Wildman–Crippen LogP) is 3.24. The lowest BCUT2D eigenvalue weighted by atomic mass is 9.94. The van der Waals surface area contributed by atoms with Crippen molar-refractivity contribution < 1.29 is 9.53 Å². The van der Waals surface area contributed by atoms with Crippen LogP contribution in [0.3, 0.4) is 0 Å². The first-order valence-electron chi connectivity index (χ1n) is 8.61. The number of nitrogens with zero attached hydrogens (tertiary/aromatic N) is 2. The summed E-state index contributed by atoms with van der Waals surface area (Å²) in [6.07, 6.45) is 4.18. The molecule has 126 valence electrons. The second-order valence-corrected chi connectivity index (χ2v) is 7.63. The number of aryl methyl sites for hydroxylation is 2. The van der Waals surface area contributed by atoms with Crippen molar-refractivity contribution >= 4 is 11.9 Å². The van der Waals surface area contributed by atoms with E-state index in [1.807, 2.05) is 20.8 Å². The average Bonchev–Trinajstić information content (AvgIpc) is 2.43. The lowest BCUT2D eigenvalue weighted by Crippen LogP contribution is -2.51. The van der Waals surface area contributed by atoms with Crippen LogP contribution in [0.2, 0.25) is 0 Å². The Morgan fingerprint density at radius 3 is 2.91 bits per heavy atom. The van der Waals surface area contributed by atoms with Crippen molar-refractivity contribution in [3.8, 4) is 0 Å². The number of carbonyl (C=O) groups is 1. The Hall–Kier alpha value is -1.78. The van der Waals surface area contributed by atoms with Crippen LogP contribution in [0.25, 0.3) is 0 Å². The molecular formula is C18H27N3O2. The molecule has 0 saturated carbocycles. The molecule has 0 bridgehead atoms. The Morgan fingerprint density at radius 1 is 1.39 bits per heavy atom. The normalized spacial score (nSPS) is 18.0. The maximum absolute atomic E-state index is 11.9. The van der Waals surface area contributed by atoms with Crippen LogP contribution in [0.1, 0.15) is 44.9 Å². The fourth-order valence-corrected chi connectivity index (χ4v) is 3.09. The number of rotatable bonds is 3. The Balaban J connectivity index is 1.43. The van der Waals surface area contributed by atoms with E-state index >= 15 is 0 Å². The zero-order valence-corrected chi connectivity index (χ0v) is 14.4. The van der Waals surface area contributed by atoms with Gasteiger partial charge in [0.1, 0.15) is 11.4 Å². The Kier molecular flexibility index (Phi) is 4.46. The molecule has 0 aliphatic carbocycles. The first kappa shape index (κ1) is 16.1. The number of carbonyl (C=O) groups excluding carboxylic acids is 1. The van der Waals surface area contributed by atoms with Crippen LogP contribution in [-0.2, 0) is 17.6 Å². The van der Waals surface area contributed by atoms with E-state index in [0.717, 1.165) is 50.4 Å². The number of nitrogens with one attached hydrogen (secondary N) is 1. The van der Waals surface area contributed by atoms with Crippen molar-refractivity contribution in [3.05, 3.63) is 23.4 Å². The maximum Gasteiger partial charge on any atom is 0.410 e. The van der Waals surface area contributed by atoms with Gasteiger partial charge in [-0.15, -0.1) is 0 Å². The van der Waals surface area contributed by atoms with Gasteiger partial charge in [0.25, 0.3) is 0 Å². The van der Waals surface area contributed by atoms with E-state index in [1.54, 1.807) is 4.90 Å². The lowest BCUT2D eigenvalue weighted by molar-refractivity contribution is -0.00205. The van der Waals surface area contributed by atoms with Crippen LogP contribution < -0.4 is 5.32 Å². The number of amides is 1. The predicted molar refractivity (Wildman–Crippen MR) is 90.7 cm³/mol.